The number of nitrogens with one attached hydrogen (secondary N) is 1. The Hall–Kier alpha value is -0.770. The summed E-state index contributed by atoms with van der Waals surface area (Å²) in [4.78, 5) is 0. The Bertz CT molecular complexity index is 355. The number of phenols is 1. The molecular formula is C13H20ClNO2. The van der Waals surface area contributed by atoms with Crippen molar-refractivity contribution in [3.05, 3.63) is 28.8 Å². The molecule has 3 N–H and O–H groups in total. The molecule has 0 saturated heterocycles. The van der Waals surface area contributed by atoms with Gasteiger partial charge in [0.1, 0.15) is 5.75 Å². The summed E-state index contributed by atoms with van der Waals surface area (Å²) in [5.41, 5.74) is 0.750. The van der Waals surface area contributed by atoms with Gasteiger partial charge < -0.3 is 15.5 Å². The van der Waals surface area contributed by atoms with Crippen LogP contribution in [0.4, 0.5) is 0 Å². The van der Waals surface area contributed by atoms with Crippen molar-refractivity contribution < 1.29 is 10.2 Å². The van der Waals surface area contributed by atoms with Gasteiger partial charge in [0.25, 0.3) is 0 Å². The van der Waals surface area contributed by atoms with Gasteiger partial charge in [0.2, 0.25) is 0 Å². The second kappa shape index (κ2) is 6.84. The van der Waals surface area contributed by atoms with Crippen LogP contribution in [0, 0.1) is 5.92 Å². The molecule has 0 aromatic heterocycles. The Morgan fingerprint density at radius 3 is 2.65 bits per heavy atom. The van der Waals surface area contributed by atoms with Gasteiger partial charge in [0.15, 0.2) is 0 Å². The number of aromatic hydroxyl groups is 1. The Labute approximate surface area is 107 Å². The summed E-state index contributed by atoms with van der Waals surface area (Å²) in [6, 6.07) is 5.32. The predicted molar refractivity (Wildman–Crippen MR) is 70.3 cm³/mol. The molecule has 17 heavy (non-hydrogen) atoms. The first-order valence-corrected chi connectivity index (χ1v) is 6.23. The van der Waals surface area contributed by atoms with Gasteiger partial charge in [-0.25, -0.2) is 0 Å². The van der Waals surface area contributed by atoms with Crippen molar-refractivity contribution in [3.8, 4) is 5.75 Å². The summed E-state index contributed by atoms with van der Waals surface area (Å²) >= 11 is 5.82. The zero-order chi connectivity index (χ0) is 12.8. The van der Waals surface area contributed by atoms with E-state index in [1.165, 1.54) is 0 Å². The van der Waals surface area contributed by atoms with Crippen LogP contribution in [0.3, 0.4) is 0 Å². The summed E-state index contributed by atoms with van der Waals surface area (Å²) in [6.07, 6.45) is 0.901. The van der Waals surface area contributed by atoms with E-state index >= 15 is 0 Å². The third-order valence-corrected chi connectivity index (χ3v) is 2.93. The number of halogens is 1. The van der Waals surface area contributed by atoms with Crippen LogP contribution >= 0.6 is 11.6 Å². The van der Waals surface area contributed by atoms with Crippen molar-refractivity contribution in [2.24, 2.45) is 5.92 Å². The summed E-state index contributed by atoms with van der Waals surface area (Å²) in [5, 5.41) is 22.5. The number of benzene rings is 1. The third-order valence-electron chi connectivity index (χ3n) is 2.63. The third kappa shape index (κ3) is 4.54. The van der Waals surface area contributed by atoms with Crippen LogP contribution in [0.15, 0.2) is 18.2 Å². The quantitative estimate of drug-likeness (QED) is 0.734. The van der Waals surface area contributed by atoms with Gasteiger partial charge in [-0.3, -0.25) is 0 Å². The molecule has 0 fully saturated rings. The molecule has 1 aromatic rings. The molecule has 0 aliphatic heterocycles. The molecule has 1 atom stereocenters. The second-order valence-corrected chi connectivity index (χ2v) is 5.04. The highest BCUT2D eigenvalue weighted by Crippen LogP contribution is 2.26. The molecule has 96 valence electrons. The van der Waals surface area contributed by atoms with Crippen LogP contribution in [0.5, 0.6) is 5.75 Å². The van der Waals surface area contributed by atoms with Crippen molar-refractivity contribution in [3.63, 3.8) is 0 Å². The lowest BCUT2D eigenvalue weighted by molar-refractivity contribution is 0.223. The van der Waals surface area contributed by atoms with Gasteiger partial charge in [-0.1, -0.05) is 37.6 Å². The van der Waals surface area contributed by atoms with E-state index in [0.29, 0.717) is 17.5 Å². The highest BCUT2D eigenvalue weighted by Gasteiger charge is 2.11. The predicted octanol–water partition coefficient (Wildman–Crippen LogP) is 2.54. The fourth-order valence-electron chi connectivity index (χ4n) is 1.75. The normalized spacial score (nSPS) is 13.0. The van der Waals surface area contributed by atoms with Gasteiger partial charge in [-0.15, -0.1) is 0 Å². The summed E-state index contributed by atoms with van der Waals surface area (Å²) in [5.74, 6) is 0.635. The molecular weight excluding hydrogens is 238 g/mol. The average molecular weight is 258 g/mol. The number of phenolic OH excluding ortho intramolecular Hbond substituents is 1. The lowest BCUT2D eigenvalue weighted by Gasteiger charge is -2.18. The van der Waals surface area contributed by atoms with Crippen molar-refractivity contribution in [2.75, 3.05) is 6.61 Å². The fourth-order valence-corrected chi connectivity index (χ4v) is 1.94. The highest BCUT2D eigenvalue weighted by molar-refractivity contribution is 6.32. The van der Waals surface area contributed by atoms with Crippen molar-refractivity contribution >= 4 is 11.6 Å². The number of para-hydroxylation sites is 1. The van der Waals surface area contributed by atoms with Crippen LogP contribution in [-0.2, 0) is 6.54 Å². The smallest absolute Gasteiger partial charge is 0.138 e. The van der Waals surface area contributed by atoms with Gasteiger partial charge >= 0.3 is 0 Å². The van der Waals surface area contributed by atoms with Gasteiger partial charge in [-0.2, -0.15) is 0 Å². The summed E-state index contributed by atoms with van der Waals surface area (Å²) in [7, 11) is 0. The molecule has 0 radical (unpaired) electrons. The zero-order valence-electron chi connectivity index (χ0n) is 10.3. The van der Waals surface area contributed by atoms with E-state index in [2.05, 4.69) is 19.2 Å². The maximum atomic E-state index is 9.73. The number of hydrogen-bond acceptors (Lipinski definition) is 3. The van der Waals surface area contributed by atoms with Crippen LogP contribution in [0.25, 0.3) is 0 Å². The van der Waals surface area contributed by atoms with Crippen molar-refractivity contribution in [1.82, 2.24) is 5.32 Å². The molecule has 1 aromatic carbocycles. The standard InChI is InChI=1S/C13H20ClNO2/c1-9(2)6-11(8-16)15-7-10-4-3-5-12(14)13(10)17/h3-5,9,11,15-17H,6-8H2,1-2H3. The minimum Gasteiger partial charge on any atom is -0.506 e. The van der Waals surface area contributed by atoms with E-state index in [4.69, 9.17) is 11.6 Å². The number of aliphatic hydroxyl groups excluding tert-OH is 1. The fraction of sp³-hybridized carbons (Fsp3) is 0.538. The largest absolute Gasteiger partial charge is 0.506 e. The maximum Gasteiger partial charge on any atom is 0.138 e. The van der Waals surface area contributed by atoms with E-state index in [1.54, 1.807) is 12.1 Å². The molecule has 1 unspecified atom stereocenters. The van der Waals surface area contributed by atoms with Crippen LogP contribution in [0.1, 0.15) is 25.8 Å². The zero-order valence-corrected chi connectivity index (χ0v) is 11.0. The molecule has 0 aliphatic carbocycles. The molecule has 0 saturated carbocycles. The molecule has 0 amide bonds. The molecule has 3 nitrogen and oxygen atoms in total. The van der Waals surface area contributed by atoms with Crippen LogP contribution in [0.2, 0.25) is 5.02 Å². The van der Waals surface area contributed by atoms with Crippen LogP contribution < -0.4 is 5.32 Å². The highest BCUT2D eigenvalue weighted by atomic mass is 35.5. The first-order valence-electron chi connectivity index (χ1n) is 5.85. The molecule has 0 spiro atoms. The average Bonchev–Trinajstić information content (AvgIpc) is 2.28. The van der Waals surface area contributed by atoms with Gasteiger partial charge in [0, 0.05) is 18.2 Å². The first-order chi connectivity index (χ1) is 8.04. The van der Waals surface area contributed by atoms with E-state index in [0.717, 1.165) is 12.0 Å². The number of rotatable bonds is 6. The molecule has 4 heteroatoms. The van der Waals surface area contributed by atoms with Crippen LogP contribution in [-0.4, -0.2) is 22.9 Å². The Balaban J connectivity index is 2.56. The summed E-state index contributed by atoms with van der Waals surface area (Å²) < 4.78 is 0. The minimum absolute atomic E-state index is 0.0494. The maximum absolute atomic E-state index is 9.73. The van der Waals surface area contributed by atoms with E-state index in [9.17, 15) is 10.2 Å². The SMILES string of the molecule is CC(C)CC(CO)NCc1cccc(Cl)c1O. The minimum atomic E-state index is 0.0494. The molecule has 0 heterocycles. The second-order valence-electron chi connectivity index (χ2n) is 4.64. The van der Waals surface area contributed by atoms with Crippen molar-refractivity contribution in [2.45, 2.75) is 32.9 Å². The van der Waals surface area contributed by atoms with Gasteiger partial charge in [-0.05, 0) is 18.4 Å². The molecule has 0 bridgehead atoms. The number of aliphatic hydroxyl groups is 1. The van der Waals surface area contributed by atoms with E-state index in [1.807, 2.05) is 6.07 Å². The topological polar surface area (TPSA) is 52.5 Å². The summed E-state index contributed by atoms with van der Waals surface area (Å²) in [6.45, 7) is 4.83. The monoisotopic (exact) mass is 257 g/mol. The van der Waals surface area contributed by atoms with Crippen molar-refractivity contribution in [1.29, 1.82) is 0 Å². The Morgan fingerprint density at radius 2 is 2.06 bits per heavy atom. The Kier molecular flexibility index (Phi) is 5.75. The molecule has 1 rings (SSSR count). The number of hydrogen-bond donors (Lipinski definition) is 3. The van der Waals surface area contributed by atoms with E-state index in [-0.39, 0.29) is 18.4 Å². The van der Waals surface area contributed by atoms with E-state index < -0.39 is 0 Å². The molecule has 0 aliphatic rings. The Morgan fingerprint density at radius 1 is 1.35 bits per heavy atom. The lowest BCUT2D eigenvalue weighted by Crippen LogP contribution is -2.33. The first kappa shape index (κ1) is 14.3. The lowest BCUT2D eigenvalue weighted by atomic mass is 10.0. The van der Waals surface area contributed by atoms with Gasteiger partial charge in [0.05, 0.1) is 11.6 Å².